The van der Waals surface area contributed by atoms with Crippen LogP contribution in [-0.4, -0.2) is 15.5 Å². The Bertz CT molecular complexity index is 166. The molecule has 0 aromatic rings. The van der Waals surface area contributed by atoms with Gasteiger partial charge in [-0.05, 0) is 6.92 Å². The summed E-state index contributed by atoms with van der Waals surface area (Å²) in [4.78, 5) is 0. The van der Waals surface area contributed by atoms with Gasteiger partial charge in [0.2, 0.25) is 0 Å². The topological polar surface area (TPSA) is 43.4 Å². The van der Waals surface area contributed by atoms with E-state index in [9.17, 15) is 8.42 Å². The van der Waals surface area contributed by atoms with Crippen LogP contribution in [-0.2, 0) is 14.3 Å². The molecule has 3 nitrogen and oxygen atoms in total. The highest BCUT2D eigenvalue weighted by Gasteiger charge is 1.97. The number of hydrogen-bond donors (Lipinski definition) is 0. The molecule has 0 aliphatic rings. The van der Waals surface area contributed by atoms with Crippen LogP contribution in [0.15, 0.2) is 11.5 Å². The summed E-state index contributed by atoms with van der Waals surface area (Å²) >= 11 is 0. The van der Waals surface area contributed by atoms with Crippen molar-refractivity contribution in [2.75, 3.05) is 7.11 Å². The van der Waals surface area contributed by atoms with E-state index >= 15 is 0 Å². The van der Waals surface area contributed by atoms with Gasteiger partial charge in [-0.15, -0.1) is 0 Å². The zero-order valence-electron chi connectivity index (χ0n) is 4.79. The monoisotopic (exact) mass is 136 g/mol. The average Bonchev–Trinajstić information content (AvgIpc) is 1.67. The lowest BCUT2D eigenvalue weighted by Gasteiger charge is -1.88. The Morgan fingerprint density at radius 2 is 2.00 bits per heavy atom. The summed E-state index contributed by atoms with van der Waals surface area (Å²) in [5.74, 6) is 0. The van der Waals surface area contributed by atoms with E-state index in [1.807, 2.05) is 0 Å². The zero-order chi connectivity index (χ0) is 6.62. The van der Waals surface area contributed by atoms with Crippen molar-refractivity contribution in [2.45, 2.75) is 6.92 Å². The molecular weight excluding hydrogens is 128 g/mol. The molecule has 0 aliphatic heterocycles. The maximum Gasteiger partial charge on any atom is 0.289 e. The van der Waals surface area contributed by atoms with Gasteiger partial charge in [0.15, 0.2) is 0 Å². The van der Waals surface area contributed by atoms with Gasteiger partial charge < -0.3 is 0 Å². The van der Waals surface area contributed by atoms with Crippen molar-refractivity contribution in [1.82, 2.24) is 0 Å². The molecule has 0 saturated heterocycles. The first kappa shape index (κ1) is 7.65. The van der Waals surface area contributed by atoms with E-state index in [0.717, 1.165) is 12.5 Å². The molecule has 0 saturated carbocycles. The van der Waals surface area contributed by atoms with Gasteiger partial charge in [-0.2, -0.15) is 8.42 Å². The predicted molar refractivity (Wildman–Crippen MR) is 30.7 cm³/mol. The molecule has 0 spiro atoms. The molecule has 0 aromatic carbocycles. The fraction of sp³-hybridized carbons (Fsp3) is 0.500. The first-order valence-corrected chi connectivity index (χ1v) is 3.53. The summed E-state index contributed by atoms with van der Waals surface area (Å²) in [7, 11) is -2.23. The first-order valence-electron chi connectivity index (χ1n) is 2.05. The van der Waals surface area contributed by atoms with Gasteiger partial charge >= 0.3 is 0 Å². The molecule has 0 heterocycles. The normalized spacial score (nSPS) is 12.8. The van der Waals surface area contributed by atoms with Crippen molar-refractivity contribution in [3.05, 3.63) is 11.5 Å². The molecule has 8 heavy (non-hydrogen) atoms. The highest BCUT2D eigenvalue weighted by Crippen LogP contribution is 1.89. The summed E-state index contributed by atoms with van der Waals surface area (Å²) in [5.41, 5.74) is 0. The van der Waals surface area contributed by atoms with Crippen LogP contribution in [0.5, 0.6) is 0 Å². The minimum absolute atomic E-state index is 0.993. The fourth-order valence-electron chi connectivity index (χ4n) is 0.222. The van der Waals surface area contributed by atoms with Crippen molar-refractivity contribution in [3.63, 3.8) is 0 Å². The Kier molecular flexibility index (Phi) is 2.71. The largest absolute Gasteiger partial charge is 0.289 e. The van der Waals surface area contributed by atoms with Crippen LogP contribution in [0, 0.1) is 0 Å². The molecule has 0 N–H and O–H groups in total. The number of hydrogen-bond acceptors (Lipinski definition) is 3. The van der Waals surface area contributed by atoms with Crippen molar-refractivity contribution in [3.8, 4) is 0 Å². The van der Waals surface area contributed by atoms with Crippen molar-refractivity contribution in [2.24, 2.45) is 0 Å². The molecule has 0 unspecified atom stereocenters. The lowest BCUT2D eigenvalue weighted by Crippen LogP contribution is -1.95. The van der Waals surface area contributed by atoms with E-state index in [1.54, 1.807) is 6.92 Å². The Hall–Kier alpha value is -0.350. The van der Waals surface area contributed by atoms with Gasteiger partial charge in [0, 0.05) is 0 Å². The summed E-state index contributed by atoms with van der Waals surface area (Å²) < 4.78 is 24.6. The molecule has 0 rings (SSSR count). The highest BCUT2D eigenvalue weighted by atomic mass is 32.2. The minimum Gasteiger partial charge on any atom is -0.270 e. The van der Waals surface area contributed by atoms with Gasteiger partial charge in [-0.25, -0.2) is 0 Å². The molecule has 0 amide bonds. The van der Waals surface area contributed by atoms with Crippen molar-refractivity contribution >= 4 is 10.1 Å². The molecular formula is C4H8O3S. The SMILES string of the molecule is CC=CS(=O)(=O)OC. The van der Waals surface area contributed by atoms with Crippen molar-refractivity contribution in [1.29, 1.82) is 0 Å². The average molecular weight is 136 g/mol. The molecule has 0 fully saturated rings. The maximum absolute atomic E-state index is 10.3. The van der Waals surface area contributed by atoms with Gasteiger partial charge in [-0.1, -0.05) is 6.08 Å². The quantitative estimate of drug-likeness (QED) is 0.519. The summed E-state index contributed by atoms with van der Waals surface area (Å²) in [6.07, 6.45) is 1.40. The van der Waals surface area contributed by atoms with Crippen LogP contribution in [0.2, 0.25) is 0 Å². The molecule has 0 radical (unpaired) electrons. The van der Waals surface area contributed by atoms with Crippen LogP contribution in [0.4, 0.5) is 0 Å². The molecule has 4 heteroatoms. The van der Waals surface area contributed by atoms with Crippen LogP contribution >= 0.6 is 0 Å². The standard InChI is InChI=1S/C4H8O3S/c1-3-4-8(5,6)7-2/h3-4H,1-2H3. The van der Waals surface area contributed by atoms with Crippen LogP contribution in [0.25, 0.3) is 0 Å². The second kappa shape index (κ2) is 2.84. The maximum atomic E-state index is 10.3. The van der Waals surface area contributed by atoms with E-state index in [-0.39, 0.29) is 0 Å². The van der Waals surface area contributed by atoms with Gasteiger partial charge in [0.25, 0.3) is 10.1 Å². The molecule has 0 aliphatic carbocycles. The minimum atomic E-state index is -3.35. The second-order valence-electron chi connectivity index (χ2n) is 1.13. The first-order chi connectivity index (χ1) is 3.62. The Labute approximate surface area is 49.1 Å². The third kappa shape index (κ3) is 2.76. The lowest BCUT2D eigenvalue weighted by atomic mass is 10.8. The lowest BCUT2D eigenvalue weighted by molar-refractivity contribution is 0.406. The molecule has 48 valence electrons. The van der Waals surface area contributed by atoms with Crippen LogP contribution < -0.4 is 0 Å². The van der Waals surface area contributed by atoms with E-state index in [2.05, 4.69) is 4.18 Å². The molecule has 0 atom stereocenters. The Balaban J connectivity index is 4.17. The van der Waals surface area contributed by atoms with E-state index in [0.29, 0.717) is 0 Å². The Morgan fingerprint density at radius 1 is 1.50 bits per heavy atom. The Morgan fingerprint density at radius 3 is 2.12 bits per heavy atom. The third-order valence-corrected chi connectivity index (χ3v) is 1.61. The summed E-state index contributed by atoms with van der Waals surface area (Å²) in [5, 5.41) is 0.993. The predicted octanol–water partition coefficient (Wildman–Crippen LogP) is 0.496. The number of rotatable bonds is 2. The number of allylic oxidation sites excluding steroid dienone is 1. The highest BCUT2D eigenvalue weighted by molar-refractivity contribution is 7.89. The third-order valence-electron chi connectivity index (χ3n) is 0.535. The van der Waals surface area contributed by atoms with Crippen LogP contribution in [0.1, 0.15) is 6.92 Å². The van der Waals surface area contributed by atoms with E-state index < -0.39 is 10.1 Å². The summed E-state index contributed by atoms with van der Waals surface area (Å²) in [6.45, 7) is 1.61. The molecule has 0 aromatic heterocycles. The van der Waals surface area contributed by atoms with Crippen LogP contribution in [0.3, 0.4) is 0 Å². The second-order valence-corrected chi connectivity index (χ2v) is 2.72. The van der Waals surface area contributed by atoms with Gasteiger partial charge in [0.1, 0.15) is 0 Å². The summed E-state index contributed by atoms with van der Waals surface area (Å²) in [6, 6.07) is 0. The van der Waals surface area contributed by atoms with E-state index in [4.69, 9.17) is 0 Å². The van der Waals surface area contributed by atoms with Gasteiger partial charge in [0.05, 0.1) is 12.5 Å². The van der Waals surface area contributed by atoms with Crippen molar-refractivity contribution < 1.29 is 12.6 Å². The fourth-order valence-corrected chi connectivity index (χ4v) is 0.667. The van der Waals surface area contributed by atoms with E-state index in [1.165, 1.54) is 6.08 Å². The molecule has 0 bridgehead atoms. The zero-order valence-corrected chi connectivity index (χ0v) is 5.60. The van der Waals surface area contributed by atoms with Gasteiger partial charge in [-0.3, -0.25) is 4.18 Å². The smallest absolute Gasteiger partial charge is 0.270 e.